The number of aliphatic hydroxyl groups excluding tert-OH is 1. The zero-order valence-electron chi connectivity index (χ0n) is 19.9. The monoisotopic (exact) mass is 521 g/mol. The van der Waals surface area contributed by atoms with E-state index in [0.717, 1.165) is 18.7 Å². The van der Waals surface area contributed by atoms with Crippen molar-refractivity contribution in [3.8, 4) is 0 Å². The van der Waals surface area contributed by atoms with E-state index in [1.165, 1.54) is 16.2 Å². The minimum atomic E-state index is -0.227. The van der Waals surface area contributed by atoms with Gasteiger partial charge in [0.2, 0.25) is 0 Å². The molecule has 0 radical (unpaired) electrons. The van der Waals surface area contributed by atoms with Crippen LogP contribution < -0.4 is 10.5 Å². The van der Waals surface area contributed by atoms with E-state index >= 15 is 0 Å². The Morgan fingerprint density at radius 3 is 2.53 bits per heavy atom. The Bertz CT molecular complexity index is 1380. The van der Waals surface area contributed by atoms with E-state index in [0.29, 0.717) is 45.9 Å². The number of anilines is 1. The molecule has 0 unspecified atom stereocenters. The maximum Gasteiger partial charge on any atom is 0.267 e. The smallest absolute Gasteiger partial charge is 0.267 e. The zero-order chi connectivity index (χ0) is 25.2. The number of β-amino-alcohol motifs (C(OH)–C–C–N with tert-alkyl or cyclic N) is 1. The lowest BCUT2D eigenvalue weighted by molar-refractivity contribution is -0.123. The van der Waals surface area contributed by atoms with Crippen LogP contribution in [0.4, 0.5) is 5.82 Å². The van der Waals surface area contributed by atoms with Crippen molar-refractivity contribution in [1.29, 1.82) is 0 Å². The number of hydrogen-bond donors (Lipinski definition) is 1. The predicted molar refractivity (Wildman–Crippen MR) is 147 cm³/mol. The molecule has 0 aliphatic carbocycles. The average Bonchev–Trinajstić information content (AvgIpc) is 3.18. The Kier molecular flexibility index (Phi) is 7.20. The Morgan fingerprint density at radius 1 is 1.08 bits per heavy atom. The van der Waals surface area contributed by atoms with Gasteiger partial charge < -0.3 is 10.0 Å². The van der Waals surface area contributed by atoms with Crippen LogP contribution in [0.5, 0.6) is 0 Å². The number of fused-ring (bicyclic) bond motifs is 1. The number of aromatic nitrogens is 2. The van der Waals surface area contributed by atoms with Gasteiger partial charge in [-0.1, -0.05) is 60.4 Å². The number of benzene rings is 1. The molecule has 2 fully saturated rings. The molecule has 36 heavy (non-hydrogen) atoms. The van der Waals surface area contributed by atoms with Gasteiger partial charge in [-0.05, 0) is 30.7 Å². The van der Waals surface area contributed by atoms with Crippen molar-refractivity contribution in [2.75, 3.05) is 44.2 Å². The van der Waals surface area contributed by atoms with Crippen molar-refractivity contribution >= 4 is 51.7 Å². The lowest BCUT2D eigenvalue weighted by Crippen LogP contribution is -2.48. The number of amides is 1. The molecule has 0 bridgehead atoms. The molecule has 2 saturated heterocycles. The SMILES string of the molecule is C[C@@H](c1ccccc1)N1C(=O)/C(=C/c2c(N3CCN(CCO)CC3)nc3ccccn3c2=O)SC1=S. The summed E-state index contributed by atoms with van der Waals surface area (Å²) in [5, 5.41) is 9.27. The summed E-state index contributed by atoms with van der Waals surface area (Å²) in [7, 11) is 0. The molecule has 10 heteroatoms. The normalized spacial score (nSPS) is 19.0. The summed E-state index contributed by atoms with van der Waals surface area (Å²) in [4.78, 5) is 38.2. The van der Waals surface area contributed by atoms with Crippen LogP contribution in [0.1, 0.15) is 24.1 Å². The van der Waals surface area contributed by atoms with E-state index in [2.05, 4.69) is 9.80 Å². The third-order valence-electron chi connectivity index (χ3n) is 6.61. The molecule has 0 spiro atoms. The highest BCUT2D eigenvalue weighted by Crippen LogP contribution is 2.38. The van der Waals surface area contributed by atoms with Gasteiger partial charge in [0.15, 0.2) is 0 Å². The summed E-state index contributed by atoms with van der Waals surface area (Å²) in [5.74, 6) is 0.355. The Morgan fingerprint density at radius 2 is 1.81 bits per heavy atom. The van der Waals surface area contributed by atoms with Gasteiger partial charge in [0.05, 0.1) is 23.1 Å². The second-order valence-electron chi connectivity index (χ2n) is 8.77. The fourth-order valence-corrected chi connectivity index (χ4v) is 6.01. The number of nitrogens with zero attached hydrogens (tertiary/aromatic N) is 5. The second kappa shape index (κ2) is 10.5. The van der Waals surface area contributed by atoms with Crippen molar-refractivity contribution < 1.29 is 9.90 Å². The van der Waals surface area contributed by atoms with E-state index in [1.54, 1.807) is 29.3 Å². The Labute approximate surface area is 218 Å². The largest absolute Gasteiger partial charge is 0.395 e. The number of pyridine rings is 1. The van der Waals surface area contributed by atoms with E-state index in [9.17, 15) is 14.7 Å². The molecular weight excluding hydrogens is 494 g/mol. The van der Waals surface area contributed by atoms with E-state index < -0.39 is 0 Å². The highest BCUT2D eigenvalue weighted by molar-refractivity contribution is 8.26. The zero-order valence-corrected chi connectivity index (χ0v) is 21.5. The van der Waals surface area contributed by atoms with Gasteiger partial charge in [-0.2, -0.15) is 0 Å². The molecule has 3 aromatic rings. The number of aliphatic hydroxyl groups is 1. The Balaban J connectivity index is 1.53. The number of rotatable bonds is 6. The molecule has 5 rings (SSSR count). The van der Waals surface area contributed by atoms with Crippen LogP contribution in [0.2, 0.25) is 0 Å². The summed E-state index contributed by atoms with van der Waals surface area (Å²) >= 11 is 6.80. The summed E-state index contributed by atoms with van der Waals surface area (Å²) in [6.07, 6.45) is 3.34. The molecule has 2 aliphatic heterocycles. The number of hydrogen-bond acceptors (Lipinski definition) is 8. The molecule has 1 aromatic carbocycles. The second-order valence-corrected chi connectivity index (χ2v) is 10.4. The summed E-state index contributed by atoms with van der Waals surface area (Å²) in [6.45, 7) is 5.54. The maximum absolute atomic E-state index is 13.6. The van der Waals surface area contributed by atoms with Crippen molar-refractivity contribution in [3.63, 3.8) is 0 Å². The van der Waals surface area contributed by atoms with Crippen LogP contribution in [0, 0.1) is 0 Å². The molecular formula is C26H27N5O3S2. The number of piperazine rings is 1. The molecule has 1 amide bonds. The molecule has 1 N–H and O–H groups in total. The molecule has 0 saturated carbocycles. The van der Waals surface area contributed by atoms with E-state index in [1.807, 2.05) is 43.3 Å². The molecule has 1 atom stereocenters. The van der Waals surface area contributed by atoms with Crippen LogP contribution in [0.25, 0.3) is 11.7 Å². The number of carbonyl (C=O) groups excluding carboxylic acids is 1. The summed E-state index contributed by atoms with van der Waals surface area (Å²) in [6, 6.07) is 15.0. The molecule has 2 aromatic heterocycles. The first-order valence-corrected chi connectivity index (χ1v) is 13.1. The van der Waals surface area contributed by atoms with Crippen LogP contribution in [-0.2, 0) is 4.79 Å². The van der Waals surface area contributed by atoms with E-state index in [-0.39, 0.29) is 24.1 Å². The third-order valence-corrected chi connectivity index (χ3v) is 7.94. The standard InChI is InChI=1S/C26H27N5O3S2/c1-18(19-7-3-2-4-8-19)31-25(34)21(36-26(31)35)17-20-23(29-13-11-28(12-14-29)15-16-32)27-22-9-5-6-10-30(22)24(20)33/h2-10,17-18,32H,11-16H2,1H3/b21-17-/t18-/m0/s1. The molecule has 2 aliphatic rings. The lowest BCUT2D eigenvalue weighted by Gasteiger charge is -2.35. The fourth-order valence-electron chi connectivity index (χ4n) is 4.61. The third kappa shape index (κ3) is 4.69. The quantitative estimate of drug-likeness (QED) is 0.392. The average molecular weight is 522 g/mol. The van der Waals surface area contributed by atoms with Crippen molar-refractivity contribution in [2.45, 2.75) is 13.0 Å². The number of thiocarbonyl (C=S) groups is 1. The van der Waals surface area contributed by atoms with Crippen LogP contribution in [0.15, 0.2) is 64.4 Å². The van der Waals surface area contributed by atoms with Crippen molar-refractivity contribution in [1.82, 2.24) is 19.2 Å². The molecule has 8 nitrogen and oxygen atoms in total. The first-order chi connectivity index (χ1) is 17.5. The molecule has 186 valence electrons. The highest BCUT2D eigenvalue weighted by Gasteiger charge is 2.36. The van der Waals surface area contributed by atoms with Gasteiger partial charge >= 0.3 is 0 Å². The summed E-state index contributed by atoms with van der Waals surface area (Å²) < 4.78 is 1.97. The van der Waals surface area contributed by atoms with Crippen molar-refractivity contribution in [2.24, 2.45) is 0 Å². The van der Waals surface area contributed by atoms with Crippen LogP contribution >= 0.6 is 24.0 Å². The predicted octanol–water partition coefficient (Wildman–Crippen LogP) is 2.77. The minimum absolute atomic E-state index is 0.115. The maximum atomic E-state index is 13.6. The first kappa shape index (κ1) is 24.6. The van der Waals surface area contributed by atoms with Gasteiger partial charge in [-0.15, -0.1) is 0 Å². The van der Waals surface area contributed by atoms with Crippen LogP contribution in [0.3, 0.4) is 0 Å². The molecule has 4 heterocycles. The van der Waals surface area contributed by atoms with Crippen LogP contribution in [-0.4, -0.2) is 73.8 Å². The Hall–Kier alpha value is -3.05. The highest BCUT2D eigenvalue weighted by atomic mass is 32.2. The minimum Gasteiger partial charge on any atom is -0.395 e. The fraction of sp³-hybridized carbons (Fsp3) is 0.308. The van der Waals surface area contributed by atoms with Gasteiger partial charge in [0.1, 0.15) is 15.8 Å². The van der Waals surface area contributed by atoms with E-state index in [4.69, 9.17) is 17.2 Å². The van der Waals surface area contributed by atoms with Crippen molar-refractivity contribution in [3.05, 3.63) is 81.1 Å². The van der Waals surface area contributed by atoms with Gasteiger partial charge in [-0.25, -0.2) is 4.98 Å². The van der Waals surface area contributed by atoms with Gasteiger partial charge in [0.25, 0.3) is 11.5 Å². The summed E-state index contributed by atoms with van der Waals surface area (Å²) in [5.41, 5.74) is 1.69. The topological polar surface area (TPSA) is 81.4 Å². The first-order valence-electron chi connectivity index (χ1n) is 11.9. The number of thioether (sulfide) groups is 1. The number of carbonyl (C=O) groups is 1. The lowest BCUT2D eigenvalue weighted by atomic mass is 10.1. The van der Waals surface area contributed by atoms with Gasteiger partial charge in [-0.3, -0.25) is 23.8 Å². The van der Waals surface area contributed by atoms with Gasteiger partial charge in [0, 0.05) is 38.9 Å².